The van der Waals surface area contributed by atoms with Gasteiger partial charge in [-0.15, -0.1) is 11.3 Å². The summed E-state index contributed by atoms with van der Waals surface area (Å²) in [5.41, 5.74) is 2.01. The van der Waals surface area contributed by atoms with Gasteiger partial charge in [-0.3, -0.25) is 4.79 Å². The highest BCUT2D eigenvalue weighted by Crippen LogP contribution is 2.28. The molecule has 3 rings (SSSR count). The summed E-state index contributed by atoms with van der Waals surface area (Å²) in [6, 6.07) is 5.31. The molecule has 0 radical (unpaired) electrons. The van der Waals surface area contributed by atoms with Crippen molar-refractivity contribution in [3.63, 3.8) is 0 Å². The maximum absolute atomic E-state index is 14.4. The van der Waals surface area contributed by atoms with Gasteiger partial charge < -0.3 is 20.3 Å². The van der Waals surface area contributed by atoms with E-state index in [9.17, 15) is 14.0 Å². The Morgan fingerprint density at radius 1 is 1.33 bits per heavy atom. The molecule has 1 aliphatic heterocycles. The molecular formula is C21H27FN4O3S. The smallest absolute Gasteiger partial charge is 0.409 e. The lowest BCUT2D eigenvalue weighted by Gasteiger charge is -2.31. The number of nitrogens with one attached hydrogen (secondary N) is 2. The minimum Gasteiger partial charge on any atom is -0.450 e. The summed E-state index contributed by atoms with van der Waals surface area (Å²) < 4.78 is 19.4. The maximum Gasteiger partial charge on any atom is 0.409 e. The minimum atomic E-state index is -0.299. The number of nitrogens with zero attached hydrogens (tertiary/aromatic N) is 2. The number of rotatable bonds is 7. The van der Waals surface area contributed by atoms with Gasteiger partial charge in [-0.2, -0.15) is 0 Å². The van der Waals surface area contributed by atoms with Crippen LogP contribution in [-0.2, 0) is 16.0 Å². The standard InChI is InChI=1S/C21H27FN4O3S/c1-3-29-21(28)26-10-7-17(8-11-26)24-20-25-19(13-30-20)16-5-4-15(18(22)12-16)6-9-23-14(2)27/h4-5,12-13,17H,3,6-11H2,1-2H3,(H,23,27)(H,24,25). The molecule has 162 valence electrons. The maximum atomic E-state index is 14.4. The van der Waals surface area contributed by atoms with Gasteiger partial charge in [0, 0.05) is 43.5 Å². The zero-order chi connectivity index (χ0) is 21.5. The van der Waals surface area contributed by atoms with E-state index in [0.717, 1.165) is 29.2 Å². The largest absolute Gasteiger partial charge is 0.450 e. The van der Waals surface area contributed by atoms with E-state index in [0.29, 0.717) is 38.2 Å². The van der Waals surface area contributed by atoms with Crippen molar-refractivity contribution in [2.75, 3.05) is 31.6 Å². The normalized spacial score (nSPS) is 14.4. The van der Waals surface area contributed by atoms with Crippen LogP contribution in [0, 0.1) is 5.82 Å². The van der Waals surface area contributed by atoms with Gasteiger partial charge >= 0.3 is 6.09 Å². The van der Waals surface area contributed by atoms with Crippen molar-refractivity contribution in [2.45, 2.75) is 39.2 Å². The average Bonchev–Trinajstić information content (AvgIpc) is 3.18. The van der Waals surface area contributed by atoms with Crippen molar-refractivity contribution in [3.05, 3.63) is 35.0 Å². The van der Waals surface area contributed by atoms with E-state index in [4.69, 9.17) is 4.74 Å². The van der Waals surface area contributed by atoms with Crippen LogP contribution >= 0.6 is 11.3 Å². The molecule has 1 aromatic heterocycles. The van der Waals surface area contributed by atoms with Crippen molar-refractivity contribution in [1.29, 1.82) is 0 Å². The van der Waals surface area contributed by atoms with Gasteiger partial charge in [-0.25, -0.2) is 14.2 Å². The number of amides is 2. The third-order valence-electron chi connectivity index (χ3n) is 4.97. The number of anilines is 1. The Morgan fingerprint density at radius 2 is 2.10 bits per heavy atom. The molecule has 2 aromatic rings. The van der Waals surface area contributed by atoms with Gasteiger partial charge in [0.1, 0.15) is 5.82 Å². The van der Waals surface area contributed by atoms with Crippen LogP contribution in [0.15, 0.2) is 23.6 Å². The molecule has 0 unspecified atom stereocenters. The zero-order valence-corrected chi connectivity index (χ0v) is 18.1. The number of benzene rings is 1. The van der Waals surface area contributed by atoms with Crippen LogP contribution < -0.4 is 10.6 Å². The van der Waals surface area contributed by atoms with Gasteiger partial charge in [-0.1, -0.05) is 12.1 Å². The van der Waals surface area contributed by atoms with Gasteiger partial charge in [0.25, 0.3) is 0 Å². The average molecular weight is 435 g/mol. The van der Waals surface area contributed by atoms with E-state index < -0.39 is 0 Å². The van der Waals surface area contributed by atoms with Crippen LogP contribution in [0.4, 0.5) is 14.3 Å². The lowest BCUT2D eigenvalue weighted by Crippen LogP contribution is -2.42. The Balaban J connectivity index is 1.54. The molecule has 7 nitrogen and oxygen atoms in total. The number of halogens is 1. The predicted octanol–water partition coefficient (Wildman–Crippen LogP) is 3.66. The molecule has 0 bridgehead atoms. The first kappa shape index (κ1) is 22.0. The summed E-state index contributed by atoms with van der Waals surface area (Å²) in [6.07, 6.45) is 1.84. The van der Waals surface area contributed by atoms with Crippen LogP contribution in [0.3, 0.4) is 0 Å². The third-order valence-corrected chi connectivity index (χ3v) is 5.74. The van der Waals surface area contributed by atoms with Gasteiger partial charge in [0.05, 0.1) is 12.3 Å². The van der Waals surface area contributed by atoms with Crippen LogP contribution in [-0.4, -0.2) is 54.2 Å². The van der Waals surface area contributed by atoms with E-state index in [1.807, 2.05) is 11.4 Å². The molecule has 9 heteroatoms. The second kappa shape index (κ2) is 10.4. The fraction of sp³-hybridized carbons (Fsp3) is 0.476. The molecule has 1 fully saturated rings. The molecular weight excluding hydrogens is 407 g/mol. The first-order valence-corrected chi connectivity index (χ1v) is 11.0. The number of ether oxygens (including phenoxy) is 1. The Hall–Kier alpha value is -2.68. The number of hydrogen-bond acceptors (Lipinski definition) is 6. The fourth-order valence-corrected chi connectivity index (χ4v) is 4.15. The third kappa shape index (κ3) is 5.91. The van der Waals surface area contributed by atoms with Crippen molar-refractivity contribution < 1.29 is 18.7 Å². The predicted molar refractivity (Wildman–Crippen MR) is 115 cm³/mol. The van der Waals surface area contributed by atoms with E-state index in [1.165, 1.54) is 24.3 Å². The van der Waals surface area contributed by atoms with Crippen molar-refractivity contribution in [1.82, 2.24) is 15.2 Å². The lowest BCUT2D eigenvalue weighted by molar-refractivity contribution is -0.118. The first-order valence-electron chi connectivity index (χ1n) is 10.1. The summed E-state index contributed by atoms with van der Waals surface area (Å²) in [5.74, 6) is -0.423. The highest BCUT2D eigenvalue weighted by molar-refractivity contribution is 7.14. The number of aromatic nitrogens is 1. The summed E-state index contributed by atoms with van der Waals surface area (Å²) in [6.45, 7) is 5.34. The number of carbonyl (C=O) groups excluding carboxylic acids is 2. The molecule has 0 spiro atoms. The van der Waals surface area contributed by atoms with Crippen molar-refractivity contribution in [2.24, 2.45) is 0 Å². The summed E-state index contributed by atoms with van der Waals surface area (Å²) >= 11 is 1.48. The Kier molecular flexibility index (Phi) is 7.62. The van der Waals surface area contributed by atoms with Gasteiger partial charge in [0.2, 0.25) is 5.91 Å². The summed E-state index contributed by atoms with van der Waals surface area (Å²) in [4.78, 5) is 29.0. The number of piperidine rings is 1. The Bertz CT molecular complexity index is 881. The van der Waals surface area contributed by atoms with Crippen LogP contribution in [0.2, 0.25) is 0 Å². The molecule has 2 heterocycles. The number of carbonyl (C=O) groups is 2. The van der Waals surface area contributed by atoms with Crippen LogP contribution in [0.1, 0.15) is 32.3 Å². The molecule has 1 aromatic carbocycles. The summed E-state index contributed by atoms with van der Waals surface area (Å²) in [5, 5.41) is 8.78. The monoisotopic (exact) mass is 434 g/mol. The fourth-order valence-electron chi connectivity index (χ4n) is 3.35. The molecule has 0 saturated carbocycles. The quantitative estimate of drug-likeness (QED) is 0.695. The minimum absolute atomic E-state index is 0.124. The van der Waals surface area contributed by atoms with Gasteiger partial charge in [0.15, 0.2) is 5.13 Å². The molecule has 2 amide bonds. The second-order valence-corrected chi connectivity index (χ2v) is 8.04. The molecule has 0 aliphatic carbocycles. The lowest BCUT2D eigenvalue weighted by atomic mass is 10.1. The molecule has 1 saturated heterocycles. The van der Waals surface area contributed by atoms with E-state index >= 15 is 0 Å². The number of hydrogen-bond donors (Lipinski definition) is 2. The Labute approximate surface area is 179 Å². The van der Waals surface area contributed by atoms with Crippen LogP contribution in [0.5, 0.6) is 0 Å². The zero-order valence-electron chi connectivity index (χ0n) is 17.2. The SMILES string of the molecule is CCOC(=O)N1CCC(Nc2nc(-c3ccc(CCNC(C)=O)c(F)c3)cs2)CC1. The number of likely N-dealkylation sites (tertiary alicyclic amines) is 1. The van der Waals surface area contributed by atoms with E-state index in [-0.39, 0.29) is 23.9 Å². The topological polar surface area (TPSA) is 83.6 Å². The van der Waals surface area contributed by atoms with Crippen LogP contribution in [0.25, 0.3) is 11.3 Å². The molecule has 2 N–H and O–H groups in total. The highest BCUT2D eigenvalue weighted by Gasteiger charge is 2.24. The summed E-state index contributed by atoms with van der Waals surface area (Å²) in [7, 11) is 0. The number of thiazole rings is 1. The van der Waals surface area contributed by atoms with Crippen molar-refractivity contribution >= 4 is 28.5 Å². The molecule has 0 atom stereocenters. The van der Waals surface area contributed by atoms with E-state index in [1.54, 1.807) is 17.9 Å². The van der Waals surface area contributed by atoms with Crippen molar-refractivity contribution in [3.8, 4) is 11.3 Å². The highest BCUT2D eigenvalue weighted by atomic mass is 32.1. The van der Waals surface area contributed by atoms with E-state index in [2.05, 4.69) is 15.6 Å². The Morgan fingerprint density at radius 3 is 2.77 bits per heavy atom. The molecule has 1 aliphatic rings. The first-order chi connectivity index (χ1) is 14.5. The second-order valence-electron chi connectivity index (χ2n) is 7.18. The van der Waals surface area contributed by atoms with Gasteiger partial charge in [-0.05, 0) is 37.8 Å². The molecule has 30 heavy (non-hydrogen) atoms.